The van der Waals surface area contributed by atoms with Gasteiger partial charge in [-0.3, -0.25) is 0 Å². The van der Waals surface area contributed by atoms with Crippen LogP contribution in [0.5, 0.6) is 0 Å². The number of rotatable bonds is 5. The molecule has 1 saturated heterocycles. The van der Waals surface area contributed by atoms with Gasteiger partial charge in [0, 0.05) is 31.6 Å². The van der Waals surface area contributed by atoms with E-state index in [4.69, 9.17) is 0 Å². The van der Waals surface area contributed by atoms with E-state index in [1.54, 1.807) is 3.97 Å². The summed E-state index contributed by atoms with van der Waals surface area (Å²) in [5.74, 6) is 0.728. The zero-order valence-corrected chi connectivity index (χ0v) is 18.9. The van der Waals surface area contributed by atoms with E-state index in [0.29, 0.717) is 5.52 Å². The second-order valence-corrected chi connectivity index (χ2v) is 10.5. The van der Waals surface area contributed by atoms with Crippen LogP contribution in [0.2, 0.25) is 0 Å². The lowest BCUT2D eigenvalue weighted by Gasteiger charge is -2.35. The van der Waals surface area contributed by atoms with Gasteiger partial charge in [-0.05, 0) is 30.2 Å². The third-order valence-corrected chi connectivity index (χ3v) is 8.86. The molecule has 4 aromatic rings. The molecule has 164 valence electrons. The highest BCUT2D eigenvalue weighted by Gasteiger charge is 2.45. The maximum absolute atomic E-state index is 14.7. The first kappa shape index (κ1) is 20.8. The molecule has 3 aromatic carbocycles. The summed E-state index contributed by atoms with van der Waals surface area (Å²) in [6, 6.07) is 28.8. The normalized spacial score (nSPS) is 15.2. The zero-order chi connectivity index (χ0) is 22.2. The van der Waals surface area contributed by atoms with Gasteiger partial charge in [-0.2, -0.15) is 0 Å². The quantitative estimate of drug-likeness (QED) is 0.500. The number of anilines is 1. The number of benzene rings is 3. The Hall–Kier alpha value is -3.09. The minimum atomic E-state index is -3.92. The van der Waals surface area contributed by atoms with Crippen molar-refractivity contribution in [3.8, 4) is 0 Å². The topological polar surface area (TPSA) is 54.3 Å². The van der Waals surface area contributed by atoms with E-state index in [9.17, 15) is 8.42 Å². The van der Waals surface area contributed by atoms with Gasteiger partial charge >= 0.3 is 0 Å². The second-order valence-electron chi connectivity index (χ2n) is 8.33. The maximum Gasteiger partial charge on any atom is 0.254 e. The summed E-state index contributed by atoms with van der Waals surface area (Å²) in [4.78, 5) is 2.17. The fraction of sp³-hybridized carbons (Fsp3) is 0.231. The summed E-state index contributed by atoms with van der Waals surface area (Å²) in [5, 5.41) is 4.28. The van der Waals surface area contributed by atoms with Gasteiger partial charge in [0.05, 0.1) is 5.52 Å². The Kier molecular flexibility index (Phi) is 5.27. The summed E-state index contributed by atoms with van der Waals surface area (Å²) >= 11 is 0. The van der Waals surface area contributed by atoms with Crippen LogP contribution in [0.1, 0.15) is 18.1 Å². The third-order valence-electron chi connectivity index (χ3n) is 6.49. The summed E-state index contributed by atoms with van der Waals surface area (Å²) in [7, 11) is -3.92. The fourth-order valence-electron chi connectivity index (χ4n) is 4.64. The molecule has 0 spiro atoms. The zero-order valence-electron chi connectivity index (χ0n) is 18.1. The smallest absolute Gasteiger partial charge is 0.254 e. The van der Waals surface area contributed by atoms with Crippen LogP contribution in [0.4, 0.5) is 5.82 Å². The number of hydrogen-bond donors (Lipinski definition) is 1. The highest BCUT2D eigenvalue weighted by molar-refractivity contribution is 7.91. The van der Waals surface area contributed by atoms with Crippen molar-refractivity contribution >= 4 is 26.7 Å². The van der Waals surface area contributed by atoms with Crippen molar-refractivity contribution in [2.75, 3.05) is 31.1 Å². The monoisotopic (exact) mass is 445 g/mol. The van der Waals surface area contributed by atoms with E-state index >= 15 is 0 Å². The molecule has 0 atom stereocenters. The molecule has 5 nitrogen and oxygen atoms in total. The van der Waals surface area contributed by atoms with Crippen molar-refractivity contribution in [2.24, 2.45) is 0 Å². The molecule has 32 heavy (non-hydrogen) atoms. The number of nitrogens with one attached hydrogen (secondary N) is 1. The minimum Gasteiger partial charge on any atom is -0.355 e. The van der Waals surface area contributed by atoms with Crippen molar-refractivity contribution in [1.82, 2.24) is 9.29 Å². The molecule has 1 aliphatic rings. The number of hydrogen-bond acceptors (Lipinski definition) is 4. The Morgan fingerprint density at radius 2 is 1.31 bits per heavy atom. The Bertz CT molecular complexity index is 1290. The van der Waals surface area contributed by atoms with Crippen LogP contribution < -0.4 is 10.2 Å². The summed E-state index contributed by atoms with van der Waals surface area (Å²) < 4.78 is 29.7. The fourth-order valence-corrected chi connectivity index (χ4v) is 6.71. The molecule has 1 N–H and O–H groups in total. The largest absolute Gasteiger partial charge is 0.355 e. The maximum atomic E-state index is 14.7. The SMILES string of the molecule is CC(c1ccccc1)(c1ccccc1)S(=O)(=O)n1c(N2CCNCC2)cc2ccccc21. The molecule has 0 unspecified atom stereocenters. The van der Waals surface area contributed by atoms with Gasteiger partial charge in [0.25, 0.3) is 10.0 Å². The Balaban J connectivity index is 1.81. The molecular weight excluding hydrogens is 418 g/mol. The molecule has 0 saturated carbocycles. The van der Waals surface area contributed by atoms with Crippen LogP contribution in [0.3, 0.4) is 0 Å². The van der Waals surface area contributed by atoms with E-state index in [0.717, 1.165) is 48.5 Å². The van der Waals surface area contributed by atoms with Gasteiger partial charge in [-0.1, -0.05) is 78.9 Å². The molecule has 1 fully saturated rings. The first-order chi connectivity index (χ1) is 15.5. The molecule has 2 heterocycles. The molecule has 0 bridgehead atoms. The second kappa shape index (κ2) is 8.11. The first-order valence-corrected chi connectivity index (χ1v) is 12.4. The average Bonchev–Trinajstić information content (AvgIpc) is 3.25. The van der Waals surface area contributed by atoms with Crippen molar-refractivity contribution in [3.63, 3.8) is 0 Å². The molecule has 0 radical (unpaired) electrons. The lowest BCUT2D eigenvalue weighted by molar-refractivity contribution is 0.551. The molecule has 1 aliphatic heterocycles. The summed E-state index contributed by atoms with van der Waals surface area (Å²) in [6.45, 7) is 5.01. The number of para-hydroxylation sites is 1. The predicted octanol–water partition coefficient (Wildman–Crippen LogP) is 4.19. The van der Waals surface area contributed by atoms with Gasteiger partial charge < -0.3 is 10.2 Å². The number of fused-ring (bicyclic) bond motifs is 1. The van der Waals surface area contributed by atoms with Crippen LogP contribution >= 0.6 is 0 Å². The first-order valence-electron chi connectivity index (χ1n) is 11.0. The highest BCUT2D eigenvalue weighted by Crippen LogP contribution is 2.42. The molecule has 0 amide bonds. The van der Waals surface area contributed by atoms with E-state index < -0.39 is 14.8 Å². The summed E-state index contributed by atoms with van der Waals surface area (Å²) in [5.41, 5.74) is 2.20. The lowest BCUT2D eigenvalue weighted by Crippen LogP contribution is -2.46. The van der Waals surface area contributed by atoms with Crippen molar-refractivity contribution in [3.05, 3.63) is 102 Å². The molecule has 5 rings (SSSR count). The minimum absolute atomic E-state index is 0.708. The molecular formula is C26H27N3O2S. The van der Waals surface area contributed by atoms with E-state index in [-0.39, 0.29) is 0 Å². The Morgan fingerprint density at radius 1 is 0.781 bits per heavy atom. The highest BCUT2D eigenvalue weighted by atomic mass is 32.2. The third kappa shape index (κ3) is 3.22. The molecule has 6 heteroatoms. The van der Waals surface area contributed by atoms with E-state index in [2.05, 4.69) is 10.2 Å². The van der Waals surface area contributed by atoms with Crippen LogP contribution in [-0.4, -0.2) is 38.6 Å². The number of nitrogens with zero attached hydrogens (tertiary/aromatic N) is 2. The van der Waals surface area contributed by atoms with Crippen LogP contribution in [0.25, 0.3) is 10.9 Å². The van der Waals surface area contributed by atoms with Crippen molar-refractivity contribution < 1.29 is 8.42 Å². The van der Waals surface area contributed by atoms with Gasteiger partial charge in [-0.15, -0.1) is 0 Å². The molecule has 0 aliphatic carbocycles. The van der Waals surface area contributed by atoms with Gasteiger partial charge in [0.15, 0.2) is 0 Å². The standard InChI is InChI=1S/C26H27N3O2S/c1-26(22-11-4-2-5-12-22,23-13-6-3-7-14-23)32(30,31)29-24-15-9-8-10-21(24)20-25(29)28-18-16-27-17-19-28/h2-15,20,27H,16-19H2,1H3. The lowest BCUT2D eigenvalue weighted by atomic mass is 9.92. The average molecular weight is 446 g/mol. The van der Waals surface area contributed by atoms with E-state index in [1.807, 2.05) is 97.9 Å². The Morgan fingerprint density at radius 3 is 1.91 bits per heavy atom. The summed E-state index contributed by atoms with van der Waals surface area (Å²) in [6.07, 6.45) is 0. The number of piperazine rings is 1. The van der Waals surface area contributed by atoms with Crippen molar-refractivity contribution in [1.29, 1.82) is 0 Å². The van der Waals surface area contributed by atoms with Gasteiger partial charge in [0.1, 0.15) is 10.6 Å². The van der Waals surface area contributed by atoms with Crippen LogP contribution in [-0.2, 0) is 14.8 Å². The van der Waals surface area contributed by atoms with Crippen molar-refractivity contribution in [2.45, 2.75) is 11.7 Å². The molecule has 1 aromatic heterocycles. The van der Waals surface area contributed by atoms with Gasteiger partial charge in [-0.25, -0.2) is 12.4 Å². The number of aromatic nitrogens is 1. The van der Waals surface area contributed by atoms with Crippen LogP contribution in [0, 0.1) is 0 Å². The van der Waals surface area contributed by atoms with Crippen LogP contribution in [0.15, 0.2) is 91.0 Å². The van der Waals surface area contributed by atoms with Gasteiger partial charge in [0.2, 0.25) is 0 Å². The predicted molar refractivity (Wildman–Crippen MR) is 131 cm³/mol. The van der Waals surface area contributed by atoms with E-state index in [1.165, 1.54) is 0 Å². The Labute approximate surface area is 189 Å².